The molecule has 0 bridgehead atoms. The van der Waals surface area contributed by atoms with E-state index in [9.17, 15) is 0 Å². The van der Waals surface area contributed by atoms with Crippen molar-refractivity contribution in [2.24, 2.45) is 23.5 Å². The zero-order chi connectivity index (χ0) is 13.8. The van der Waals surface area contributed by atoms with Gasteiger partial charge in [0.25, 0.3) is 0 Å². The predicted octanol–water partition coefficient (Wildman–Crippen LogP) is 1.68. The number of nitrogens with zero attached hydrogens (tertiary/aromatic N) is 3. The van der Waals surface area contributed by atoms with Gasteiger partial charge in [0.2, 0.25) is 5.89 Å². The van der Waals surface area contributed by atoms with Gasteiger partial charge in [0.15, 0.2) is 5.82 Å². The van der Waals surface area contributed by atoms with Crippen LogP contribution in [0.25, 0.3) is 0 Å². The molecule has 0 amide bonds. The zero-order valence-corrected chi connectivity index (χ0v) is 12.3. The average molecular weight is 266 g/mol. The molecule has 0 aromatic carbocycles. The SMILES string of the molecule is CC(C)Cc1nc(CN2CCC(C)C(CN)C2)no1. The molecule has 1 aromatic rings. The van der Waals surface area contributed by atoms with E-state index in [1.807, 2.05) is 0 Å². The molecule has 2 atom stereocenters. The maximum absolute atomic E-state index is 5.83. The fourth-order valence-corrected chi connectivity index (χ4v) is 2.66. The van der Waals surface area contributed by atoms with Crippen molar-refractivity contribution in [2.45, 2.75) is 40.2 Å². The number of hydrogen-bond acceptors (Lipinski definition) is 5. The van der Waals surface area contributed by atoms with Crippen molar-refractivity contribution >= 4 is 0 Å². The molecule has 5 nitrogen and oxygen atoms in total. The summed E-state index contributed by atoms with van der Waals surface area (Å²) < 4.78 is 5.28. The molecular formula is C14H26N4O. The van der Waals surface area contributed by atoms with Gasteiger partial charge in [-0.1, -0.05) is 25.9 Å². The van der Waals surface area contributed by atoms with Gasteiger partial charge < -0.3 is 10.3 Å². The first-order valence-corrected chi connectivity index (χ1v) is 7.32. The van der Waals surface area contributed by atoms with Crippen LogP contribution in [-0.4, -0.2) is 34.7 Å². The standard InChI is InChI=1S/C14H26N4O/c1-10(2)6-14-16-13(17-19-14)9-18-5-4-11(3)12(7-15)8-18/h10-12H,4-9,15H2,1-3H3. The number of likely N-dealkylation sites (tertiary alicyclic amines) is 1. The smallest absolute Gasteiger partial charge is 0.226 e. The molecular weight excluding hydrogens is 240 g/mol. The third kappa shape index (κ3) is 4.01. The van der Waals surface area contributed by atoms with Crippen molar-refractivity contribution in [2.75, 3.05) is 19.6 Å². The third-order valence-corrected chi connectivity index (χ3v) is 3.96. The van der Waals surface area contributed by atoms with Crippen LogP contribution >= 0.6 is 0 Å². The Hall–Kier alpha value is -0.940. The van der Waals surface area contributed by atoms with Crippen molar-refractivity contribution in [1.29, 1.82) is 0 Å². The van der Waals surface area contributed by atoms with E-state index in [0.717, 1.165) is 50.2 Å². The van der Waals surface area contributed by atoms with Crippen LogP contribution in [0.3, 0.4) is 0 Å². The Labute approximate surface area is 115 Å². The van der Waals surface area contributed by atoms with Crippen LogP contribution in [0.2, 0.25) is 0 Å². The van der Waals surface area contributed by atoms with Gasteiger partial charge in [0.1, 0.15) is 0 Å². The van der Waals surface area contributed by atoms with Crippen molar-refractivity contribution < 1.29 is 4.52 Å². The number of nitrogens with two attached hydrogens (primary N) is 1. The van der Waals surface area contributed by atoms with Crippen LogP contribution in [-0.2, 0) is 13.0 Å². The molecule has 0 spiro atoms. The topological polar surface area (TPSA) is 68.2 Å². The van der Waals surface area contributed by atoms with E-state index >= 15 is 0 Å². The fourth-order valence-electron chi connectivity index (χ4n) is 2.66. The highest BCUT2D eigenvalue weighted by Gasteiger charge is 2.25. The van der Waals surface area contributed by atoms with E-state index in [0.29, 0.717) is 11.8 Å². The van der Waals surface area contributed by atoms with E-state index in [2.05, 4.69) is 35.8 Å². The molecule has 0 saturated carbocycles. The minimum atomic E-state index is 0.547. The summed E-state index contributed by atoms with van der Waals surface area (Å²) in [6, 6.07) is 0. The number of rotatable bonds is 5. The van der Waals surface area contributed by atoms with Crippen LogP contribution in [0.5, 0.6) is 0 Å². The Kier molecular flexibility index (Phi) is 4.93. The summed E-state index contributed by atoms with van der Waals surface area (Å²) in [5.74, 6) is 3.43. The van der Waals surface area contributed by atoms with E-state index < -0.39 is 0 Å². The first kappa shape index (κ1) is 14.5. The summed E-state index contributed by atoms with van der Waals surface area (Å²) in [6.45, 7) is 10.3. The van der Waals surface area contributed by atoms with Crippen LogP contribution in [0.15, 0.2) is 4.52 Å². The summed E-state index contributed by atoms with van der Waals surface area (Å²) in [5, 5.41) is 4.07. The summed E-state index contributed by atoms with van der Waals surface area (Å²) in [4.78, 5) is 6.85. The van der Waals surface area contributed by atoms with Gasteiger partial charge in [0, 0.05) is 13.0 Å². The molecule has 1 aromatic heterocycles. The van der Waals surface area contributed by atoms with E-state index in [1.165, 1.54) is 6.42 Å². The van der Waals surface area contributed by atoms with Gasteiger partial charge in [-0.05, 0) is 37.3 Å². The lowest BCUT2D eigenvalue weighted by molar-refractivity contribution is 0.122. The lowest BCUT2D eigenvalue weighted by atomic mass is 9.87. The molecule has 108 valence electrons. The predicted molar refractivity (Wildman–Crippen MR) is 74.4 cm³/mol. The molecule has 2 rings (SSSR count). The fraction of sp³-hybridized carbons (Fsp3) is 0.857. The Bertz CT molecular complexity index is 391. The normalized spacial score (nSPS) is 25.1. The highest BCUT2D eigenvalue weighted by Crippen LogP contribution is 2.23. The van der Waals surface area contributed by atoms with Gasteiger partial charge >= 0.3 is 0 Å². The lowest BCUT2D eigenvalue weighted by Gasteiger charge is -2.35. The van der Waals surface area contributed by atoms with E-state index in [-0.39, 0.29) is 0 Å². The van der Waals surface area contributed by atoms with Gasteiger partial charge in [-0.25, -0.2) is 0 Å². The summed E-state index contributed by atoms with van der Waals surface area (Å²) in [6.07, 6.45) is 2.06. The quantitative estimate of drug-likeness (QED) is 0.878. The van der Waals surface area contributed by atoms with Crippen LogP contribution in [0.1, 0.15) is 38.9 Å². The maximum atomic E-state index is 5.83. The third-order valence-electron chi connectivity index (χ3n) is 3.96. The van der Waals surface area contributed by atoms with Crippen molar-refractivity contribution in [1.82, 2.24) is 15.0 Å². The first-order chi connectivity index (χ1) is 9.08. The molecule has 1 fully saturated rings. The Morgan fingerprint density at radius 1 is 1.47 bits per heavy atom. The van der Waals surface area contributed by atoms with Crippen LogP contribution in [0, 0.1) is 17.8 Å². The lowest BCUT2D eigenvalue weighted by Crippen LogP contribution is -2.42. The molecule has 0 radical (unpaired) electrons. The van der Waals surface area contributed by atoms with Gasteiger partial charge in [-0.3, -0.25) is 4.90 Å². The summed E-state index contributed by atoms with van der Waals surface area (Å²) >= 11 is 0. The van der Waals surface area contributed by atoms with E-state index in [1.54, 1.807) is 0 Å². The van der Waals surface area contributed by atoms with Crippen molar-refractivity contribution in [3.05, 3.63) is 11.7 Å². The highest BCUT2D eigenvalue weighted by molar-refractivity contribution is 4.89. The molecule has 0 aliphatic carbocycles. The maximum Gasteiger partial charge on any atom is 0.226 e. The molecule has 19 heavy (non-hydrogen) atoms. The molecule has 2 heterocycles. The molecule has 1 aliphatic rings. The van der Waals surface area contributed by atoms with E-state index in [4.69, 9.17) is 10.3 Å². The van der Waals surface area contributed by atoms with Gasteiger partial charge in [-0.2, -0.15) is 4.98 Å². The molecule has 1 aliphatic heterocycles. The van der Waals surface area contributed by atoms with Crippen LogP contribution < -0.4 is 5.73 Å². The second kappa shape index (κ2) is 6.48. The second-order valence-electron chi connectivity index (χ2n) is 6.20. The summed E-state index contributed by atoms with van der Waals surface area (Å²) in [5.41, 5.74) is 5.83. The second-order valence-corrected chi connectivity index (χ2v) is 6.20. The van der Waals surface area contributed by atoms with Gasteiger partial charge in [-0.15, -0.1) is 0 Å². The van der Waals surface area contributed by atoms with Crippen molar-refractivity contribution in [3.63, 3.8) is 0 Å². The van der Waals surface area contributed by atoms with Crippen LogP contribution in [0.4, 0.5) is 0 Å². The Morgan fingerprint density at radius 2 is 2.26 bits per heavy atom. The number of aromatic nitrogens is 2. The Morgan fingerprint density at radius 3 is 2.95 bits per heavy atom. The van der Waals surface area contributed by atoms with Gasteiger partial charge in [0.05, 0.1) is 6.54 Å². The Balaban J connectivity index is 1.88. The zero-order valence-electron chi connectivity index (χ0n) is 12.3. The molecule has 1 saturated heterocycles. The largest absolute Gasteiger partial charge is 0.339 e. The minimum absolute atomic E-state index is 0.547. The van der Waals surface area contributed by atoms with Crippen molar-refractivity contribution in [3.8, 4) is 0 Å². The first-order valence-electron chi connectivity index (χ1n) is 7.32. The number of piperidine rings is 1. The summed E-state index contributed by atoms with van der Waals surface area (Å²) in [7, 11) is 0. The minimum Gasteiger partial charge on any atom is -0.339 e. The highest BCUT2D eigenvalue weighted by atomic mass is 16.5. The average Bonchev–Trinajstić information content (AvgIpc) is 2.78. The molecule has 2 N–H and O–H groups in total. The number of hydrogen-bond donors (Lipinski definition) is 1. The molecule has 2 unspecified atom stereocenters. The molecule has 5 heteroatoms. The monoisotopic (exact) mass is 266 g/mol.